The third-order valence-corrected chi connectivity index (χ3v) is 6.08. The number of hydrogen-bond donors (Lipinski definition) is 0. The number of carbonyl (C=O) groups excluding carboxylic acids is 1. The standard InChI is InChI=1S/C22H42O2.C6H12/c1-4-5-6-7-8-9-10-11-12-13-14-15-16-17-18-19-20-24-22(23)21(2)3;1-2-4-6-5-3-1/h2,4-20H2,1,3H3;1-6H2. The molecule has 0 saturated heterocycles. The normalized spacial score (nSPS) is 13.4. The van der Waals surface area contributed by atoms with Gasteiger partial charge in [0.25, 0.3) is 0 Å². The Hall–Kier alpha value is -0.790. The molecule has 1 aliphatic rings. The summed E-state index contributed by atoms with van der Waals surface area (Å²) in [5.41, 5.74) is 0.492. The fourth-order valence-corrected chi connectivity index (χ4v) is 4.00. The van der Waals surface area contributed by atoms with Crippen molar-refractivity contribution < 1.29 is 9.53 Å². The van der Waals surface area contributed by atoms with Gasteiger partial charge in [-0.2, -0.15) is 0 Å². The number of esters is 1. The zero-order valence-corrected chi connectivity index (χ0v) is 20.8. The van der Waals surface area contributed by atoms with Crippen molar-refractivity contribution in [3.63, 3.8) is 0 Å². The highest BCUT2D eigenvalue weighted by Crippen LogP contribution is 2.15. The van der Waals surface area contributed by atoms with Crippen molar-refractivity contribution in [3.05, 3.63) is 12.2 Å². The van der Waals surface area contributed by atoms with Crippen molar-refractivity contribution in [3.8, 4) is 0 Å². The fourth-order valence-electron chi connectivity index (χ4n) is 4.00. The second-order valence-electron chi connectivity index (χ2n) is 9.34. The molecule has 0 aliphatic heterocycles. The van der Waals surface area contributed by atoms with E-state index in [1.165, 1.54) is 135 Å². The quantitative estimate of drug-likeness (QED) is 0.125. The van der Waals surface area contributed by atoms with Gasteiger partial charge < -0.3 is 4.74 Å². The van der Waals surface area contributed by atoms with Crippen LogP contribution in [0.4, 0.5) is 0 Å². The molecule has 1 fully saturated rings. The molecular formula is C28H54O2. The second kappa shape index (κ2) is 24.5. The highest BCUT2D eigenvalue weighted by Gasteiger charge is 2.01. The summed E-state index contributed by atoms with van der Waals surface area (Å²) in [6.07, 6.45) is 30.7. The smallest absolute Gasteiger partial charge is 0.333 e. The molecule has 0 amide bonds. The minimum absolute atomic E-state index is 0.254. The molecule has 0 aromatic carbocycles. The van der Waals surface area contributed by atoms with Gasteiger partial charge in [0.15, 0.2) is 0 Å². The Morgan fingerprint density at radius 2 is 0.900 bits per heavy atom. The summed E-state index contributed by atoms with van der Waals surface area (Å²) in [4.78, 5) is 11.2. The van der Waals surface area contributed by atoms with E-state index in [2.05, 4.69) is 13.5 Å². The Morgan fingerprint density at radius 3 is 1.20 bits per heavy atom. The van der Waals surface area contributed by atoms with Gasteiger partial charge in [0, 0.05) is 5.57 Å². The van der Waals surface area contributed by atoms with Crippen LogP contribution in [0.1, 0.15) is 155 Å². The molecule has 0 unspecified atom stereocenters. The molecule has 2 heteroatoms. The van der Waals surface area contributed by atoms with E-state index in [-0.39, 0.29) is 5.97 Å². The summed E-state index contributed by atoms with van der Waals surface area (Å²) >= 11 is 0. The topological polar surface area (TPSA) is 26.3 Å². The van der Waals surface area contributed by atoms with Gasteiger partial charge in [-0.05, 0) is 13.3 Å². The predicted molar refractivity (Wildman–Crippen MR) is 133 cm³/mol. The maximum absolute atomic E-state index is 11.2. The molecular weight excluding hydrogens is 368 g/mol. The van der Waals surface area contributed by atoms with Crippen molar-refractivity contribution in [1.29, 1.82) is 0 Å². The van der Waals surface area contributed by atoms with Crippen molar-refractivity contribution in [2.75, 3.05) is 6.61 Å². The lowest BCUT2D eigenvalue weighted by atomic mass is 10.0. The Bertz CT molecular complexity index is 359. The average molecular weight is 423 g/mol. The second-order valence-corrected chi connectivity index (χ2v) is 9.34. The van der Waals surface area contributed by atoms with Crippen LogP contribution in [-0.2, 0) is 9.53 Å². The van der Waals surface area contributed by atoms with Gasteiger partial charge in [-0.15, -0.1) is 0 Å². The largest absolute Gasteiger partial charge is 0.462 e. The van der Waals surface area contributed by atoms with Crippen molar-refractivity contribution in [2.45, 2.75) is 155 Å². The van der Waals surface area contributed by atoms with Gasteiger partial charge in [0.05, 0.1) is 6.61 Å². The van der Waals surface area contributed by atoms with Crippen LogP contribution in [0.25, 0.3) is 0 Å². The fraction of sp³-hybridized carbons (Fsp3) is 0.893. The average Bonchev–Trinajstić information content (AvgIpc) is 2.77. The van der Waals surface area contributed by atoms with Gasteiger partial charge in [0.1, 0.15) is 0 Å². The summed E-state index contributed by atoms with van der Waals surface area (Å²) in [6.45, 7) is 8.09. The molecule has 2 nitrogen and oxygen atoms in total. The third-order valence-electron chi connectivity index (χ3n) is 6.08. The van der Waals surface area contributed by atoms with E-state index in [4.69, 9.17) is 4.74 Å². The van der Waals surface area contributed by atoms with Crippen LogP contribution >= 0.6 is 0 Å². The Morgan fingerprint density at radius 1 is 0.600 bits per heavy atom. The first-order valence-electron chi connectivity index (χ1n) is 13.5. The van der Waals surface area contributed by atoms with E-state index in [1.54, 1.807) is 6.92 Å². The van der Waals surface area contributed by atoms with E-state index in [1.807, 2.05) is 0 Å². The van der Waals surface area contributed by atoms with E-state index >= 15 is 0 Å². The molecule has 0 spiro atoms. The van der Waals surface area contributed by atoms with Crippen LogP contribution in [0.3, 0.4) is 0 Å². The lowest BCUT2D eigenvalue weighted by Crippen LogP contribution is -2.05. The molecule has 0 N–H and O–H groups in total. The molecule has 0 atom stereocenters. The third kappa shape index (κ3) is 23.5. The zero-order chi connectivity index (χ0) is 22.1. The number of rotatable bonds is 18. The minimum atomic E-state index is -0.254. The number of unbranched alkanes of at least 4 members (excludes halogenated alkanes) is 15. The molecule has 1 saturated carbocycles. The van der Waals surface area contributed by atoms with Crippen LogP contribution in [0.5, 0.6) is 0 Å². The van der Waals surface area contributed by atoms with Crippen molar-refractivity contribution in [1.82, 2.24) is 0 Å². The van der Waals surface area contributed by atoms with Crippen LogP contribution in [0.15, 0.2) is 12.2 Å². The lowest BCUT2D eigenvalue weighted by molar-refractivity contribution is -0.139. The summed E-state index contributed by atoms with van der Waals surface area (Å²) in [6, 6.07) is 0. The first kappa shape index (κ1) is 29.2. The lowest BCUT2D eigenvalue weighted by Gasteiger charge is -2.05. The monoisotopic (exact) mass is 422 g/mol. The maximum Gasteiger partial charge on any atom is 0.333 e. The first-order valence-corrected chi connectivity index (χ1v) is 13.5. The SMILES string of the molecule is C1CCCCC1.C=C(C)C(=O)OCCCCCCCCCCCCCCCCCC. The molecule has 0 bridgehead atoms. The zero-order valence-electron chi connectivity index (χ0n) is 20.8. The Kier molecular flexibility index (Phi) is 23.8. The van der Waals surface area contributed by atoms with Crippen LogP contribution in [0, 0.1) is 0 Å². The maximum atomic E-state index is 11.2. The van der Waals surface area contributed by atoms with Gasteiger partial charge in [-0.25, -0.2) is 4.79 Å². The van der Waals surface area contributed by atoms with Gasteiger partial charge in [0.2, 0.25) is 0 Å². The Labute approximate surface area is 189 Å². The molecule has 30 heavy (non-hydrogen) atoms. The highest BCUT2D eigenvalue weighted by atomic mass is 16.5. The van der Waals surface area contributed by atoms with Gasteiger partial charge in [-0.1, -0.05) is 148 Å². The molecule has 0 aromatic heterocycles. The summed E-state index contributed by atoms with van der Waals surface area (Å²) < 4.78 is 5.08. The van der Waals surface area contributed by atoms with E-state index in [9.17, 15) is 4.79 Å². The Balaban J connectivity index is 0.00000118. The predicted octanol–water partition coefficient (Wildman–Crippen LogP) is 9.71. The van der Waals surface area contributed by atoms with Gasteiger partial charge in [-0.3, -0.25) is 0 Å². The molecule has 1 rings (SSSR count). The number of ether oxygens (including phenoxy) is 1. The summed E-state index contributed by atoms with van der Waals surface area (Å²) in [5.74, 6) is -0.254. The van der Waals surface area contributed by atoms with Gasteiger partial charge >= 0.3 is 5.97 Å². The van der Waals surface area contributed by atoms with Crippen LogP contribution < -0.4 is 0 Å². The van der Waals surface area contributed by atoms with Crippen LogP contribution in [-0.4, -0.2) is 12.6 Å². The summed E-state index contributed by atoms with van der Waals surface area (Å²) in [5, 5.41) is 0. The van der Waals surface area contributed by atoms with Crippen LogP contribution in [0.2, 0.25) is 0 Å². The number of hydrogen-bond acceptors (Lipinski definition) is 2. The first-order chi connectivity index (χ1) is 14.7. The molecule has 1 aliphatic carbocycles. The minimum Gasteiger partial charge on any atom is -0.462 e. The molecule has 178 valence electrons. The van der Waals surface area contributed by atoms with E-state index < -0.39 is 0 Å². The van der Waals surface area contributed by atoms with E-state index in [0.717, 1.165) is 6.42 Å². The highest BCUT2D eigenvalue weighted by molar-refractivity contribution is 5.86. The summed E-state index contributed by atoms with van der Waals surface area (Å²) in [7, 11) is 0. The molecule has 0 aromatic rings. The van der Waals surface area contributed by atoms with Crippen molar-refractivity contribution >= 4 is 5.97 Å². The number of carbonyl (C=O) groups is 1. The van der Waals surface area contributed by atoms with E-state index in [0.29, 0.717) is 12.2 Å². The molecule has 0 heterocycles. The van der Waals surface area contributed by atoms with Crippen molar-refractivity contribution in [2.24, 2.45) is 0 Å². The molecule has 0 radical (unpaired) electrons.